The SMILES string of the molecule is COc1c([C@@H]2CN3CCN(C(=O)OC(C)(C)C)C[C@H]3CO2)ccc(F)c1C#N.COc1c([C@H]2CN3CCN(C(=O)OC(C)(C)C)C[C@H]3CO2)ccc(F)c1C#N. The molecular weight excluding hydrogens is 730 g/mol. The minimum absolute atomic E-state index is 0.0689. The van der Waals surface area contributed by atoms with Crippen LogP contribution in [0.5, 0.6) is 11.5 Å². The van der Waals surface area contributed by atoms with Crippen LogP contribution >= 0.6 is 0 Å². The smallest absolute Gasteiger partial charge is 0.410 e. The van der Waals surface area contributed by atoms with Gasteiger partial charge < -0.3 is 38.2 Å². The van der Waals surface area contributed by atoms with Gasteiger partial charge in [-0.25, -0.2) is 18.4 Å². The molecule has 0 bridgehead atoms. The third-order valence-electron chi connectivity index (χ3n) is 9.89. The van der Waals surface area contributed by atoms with Crippen molar-refractivity contribution < 1.29 is 46.8 Å². The number of piperazine rings is 2. The lowest BCUT2D eigenvalue weighted by Gasteiger charge is -2.46. The van der Waals surface area contributed by atoms with Crippen molar-refractivity contribution >= 4 is 12.2 Å². The monoisotopic (exact) mass is 782 g/mol. The van der Waals surface area contributed by atoms with E-state index >= 15 is 0 Å². The van der Waals surface area contributed by atoms with Gasteiger partial charge in [-0.3, -0.25) is 9.80 Å². The highest BCUT2D eigenvalue weighted by Crippen LogP contribution is 2.37. The zero-order valence-corrected chi connectivity index (χ0v) is 33.4. The number of halogens is 2. The molecule has 2 amide bonds. The summed E-state index contributed by atoms with van der Waals surface area (Å²) in [7, 11) is 2.84. The predicted molar refractivity (Wildman–Crippen MR) is 199 cm³/mol. The van der Waals surface area contributed by atoms with Crippen molar-refractivity contribution in [3.05, 3.63) is 58.2 Å². The molecule has 2 aromatic rings. The highest BCUT2D eigenvalue weighted by atomic mass is 19.1. The minimum Gasteiger partial charge on any atom is -0.495 e. The molecule has 0 saturated carbocycles. The number of benzene rings is 2. The quantitative estimate of drug-likeness (QED) is 0.391. The van der Waals surface area contributed by atoms with Gasteiger partial charge in [0.25, 0.3) is 0 Å². The molecule has 4 heterocycles. The summed E-state index contributed by atoms with van der Waals surface area (Å²) in [6.07, 6.45) is -1.28. The Balaban J connectivity index is 0.000000214. The van der Waals surface area contributed by atoms with E-state index in [0.717, 1.165) is 0 Å². The highest BCUT2D eigenvalue weighted by molar-refractivity contribution is 5.69. The maximum Gasteiger partial charge on any atom is 0.410 e. The van der Waals surface area contributed by atoms with Crippen molar-refractivity contribution in [2.45, 2.75) is 77.0 Å². The molecule has 56 heavy (non-hydrogen) atoms. The molecule has 2 aromatic carbocycles. The van der Waals surface area contributed by atoms with E-state index in [-0.39, 0.29) is 59.1 Å². The van der Waals surface area contributed by atoms with Gasteiger partial charge in [-0.15, -0.1) is 0 Å². The van der Waals surface area contributed by atoms with Crippen LogP contribution in [0.4, 0.5) is 18.4 Å². The van der Waals surface area contributed by atoms with Gasteiger partial charge in [0.1, 0.15) is 57.6 Å². The Morgan fingerprint density at radius 1 is 0.661 bits per heavy atom. The number of nitriles is 2. The van der Waals surface area contributed by atoms with Crippen LogP contribution in [0.25, 0.3) is 0 Å². The van der Waals surface area contributed by atoms with Gasteiger partial charge in [-0.1, -0.05) is 0 Å². The van der Waals surface area contributed by atoms with Crippen LogP contribution in [0.1, 0.15) is 76.0 Å². The molecule has 14 nitrogen and oxygen atoms in total. The van der Waals surface area contributed by atoms with E-state index in [1.807, 2.05) is 53.7 Å². The summed E-state index contributed by atoms with van der Waals surface area (Å²) >= 11 is 0. The van der Waals surface area contributed by atoms with Crippen molar-refractivity contribution in [2.75, 3.05) is 79.8 Å². The molecule has 0 radical (unpaired) electrons. The van der Waals surface area contributed by atoms with Crippen LogP contribution in [-0.2, 0) is 18.9 Å². The lowest BCUT2D eigenvalue weighted by Crippen LogP contribution is -2.60. The zero-order chi connectivity index (χ0) is 40.9. The topological polar surface area (TPSA) is 150 Å². The molecule has 6 rings (SSSR count). The number of amides is 2. The number of morpholine rings is 2. The summed E-state index contributed by atoms with van der Waals surface area (Å²) in [5.41, 5.74) is 0.0443. The zero-order valence-electron chi connectivity index (χ0n) is 33.4. The van der Waals surface area contributed by atoms with Gasteiger partial charge >= 0.3 is 12.2 Å². The number of carbonyl (C=O) groups is 2. The standard InChI is InChI=1S/2C20H26FN3O4/c2*1-20(2,3)28-19(25)24-8-7-23-11-17(27-12-13(23)10-24)14-5-6-16(21)15(9-22)18(14)26-4/h2*5-6,13,17H,7-8,10-12H2,1-4H3/t13-,17+;13-,17-/m00/s1. The fraction of sp³-hybridized carbons (Fsp3) is 0.600. The van der Waals surface area contributed by atoms with Gasteiger partial charge in [0, 0.05) is 63.5 Å². The van der Waals surface area contributed by atoms with Gasteiger partial charge in [0.05, 0.1) is 51.7 Å². The third kappa shape index (κ3) is 9.97. The molecule has 16 heteroatoms. The number of hydrogen-bond acceptors (Lipinski definition) is 12. The van der Waals surface area contributed by atoms with Crippen LogP contribution in [0.3, 0.4) is 0 Å². The fourth-order valence-electron chi connectivity index (χ4n) is 7.23. The van der Waals surface area contributed by atoms with Crippen molar-refractivity contribution in [1.82, 2.24) is 19.6 Å². The van der Waals surface area contributed by atoms with Gasteiger partial charge in [-0.2, -0.15) is 10.5 Å². The average molecular weight is 783 g/mol. The molecule has 0 spiro atoms. The summed E-state index contributed by atoms with van der Waals surface area (Å²) < 4.78 is 61.3. The maximum absolute atomic E-state index is 13.9. The number of hydrogen-bond donors (Lipinski definition) is 0. The van der Waals surface area contributed by atoms with E-state index in [1.165, 1.54) is 26.4 Å². The number of carbonyl (C=O) groups excluding carboxylic acids is 2. The Kier molecular flexibility index (Phi) is 13.3. The third-order valence-corrected chi connectivity index (χ3v) is 9.89. The first-order valence-corrected chi connectivity index (χ1v) is 18.7. The Bertz CT molecular complexity index is 1710. The predicted octanol–water partition coefficient (Wildman–Crippen LogP) is 5.40. The Morgan fingerprint density at radius 3 is 1.36 bits per heavy atom. The lowest BCUT2D eigenvalue weighted by atomic mass is 10.0. The maximum atomic E-state index is 13.9. The highest BCUT2D eigenvalue weighted by Gasteiger charge is 2.39. The minimum atomic E-state index is -0.609. The Hall–Kier alpha value is -4.74. The molecule has 0 unspecified atom stereocenters. The van der Waals surface area contributed by atoms with Crippen molar-refractivity contribution in [3.63, 3.8) is 0 Å². The molecule has 0 N–H and O–H groups in total. The lowest BCUT2D eigenvalue weighted by molar-refractivity contribution is -0.0913. The second-order valence-corrected chi connectivity index (χ2v) is 16.1. The molecule has 4 fully saturated rings. The summed E-state index contributed by atoms with van der Waals surface area (Å²) in [6, 6.07) is 9.61. The van der Waals surface area contributed by atoms with Crippen molar-refractivity contribution in [3.8, 4) is 23.6 Å². The second kappa shape index (κ2) is 17.6. The van der Waals surface area contributed by atoms with Gasteiger partial charge in [0.2, 0.25) is 0 Å². The van der Waals surface area contributed by atoms with Crippen LogP contribution in [0.15, 0.2) is 24.3 Å². The van der Waals surface area contributed by atoms with Crippen LogP contribution < -0.4 is 9.47 Å². The van der Waals surface area contributed by atoms with E-state index in [1.54, 1.807) is 21.9 Å². The van der Waals surface area contributed by atoms with E-state index in [0.29, 0.717) is 76.7 Å². The number of rotatable bonds is 4. The summed E-state index contributed by atoms with van der Waals surface area (Å²) in [6.45, 7) is 16.7. The molecule has 0 aliphatic carbocycles. The normalized spacial score (nSPS) is 22.9. The van der Waals surface area contributed by atoms with E-state index in [9.17, 15) is 28.9 Å². The van der Waals surface area contributed by atoms with E-state index < -0.39 is 22.8 Å². The Morgan fingerprint density at radius 2 is 1.04 bits per heavy atom. The van der Waals surface area contributed by atoms with Gasteiger partial charge in [0.15, 0.2) is 0 Å². The van der Waals surface area contributed by atoms with E-state index in [2.05, 4.69) is 9.80 Å². The van der Waals surface area contributed by atoms with Gasteiger partial charge in [-0.05, 0) is 65.8 Å². The summed E-state index contributed by atoms with van der Waals surface area (Å²) in [5, 5.41) is 18.5. The molecule has 4 saturated heterocycles. The first-order chi connectivity index (χ1) is 26.5. The molecule has 304 valence electrons. The van der Waals surface area contributed by atoms with Crippen molar-refractivity contribution in [2.24, 2.45) is 0 Å². The first kappa shape index (κ1) is 42.4. The van der Waals surface area contributed by atoms with E-state index in [4.69, 9.17) is 28.4 Å². The van der Waals surface area contributed by atoms with Crippen molar-refractivity contribution in [1.29, 1.82) is 10.5 Å². The molecule has 4 aliphatic heterocycles. The second-order valence-electron chi connectivity index (χ2n) is 16.1. The van der Waals surface area contributed by atoms with Crippen LogP contribution in [-0.4, -0.2) is 135 Å². The first-order valence-electron chi connectivity index (χ1n) is 18.7. The number of ether oxygens (including phenoxy) is 6. The van der Waals surface area contributed by atoms with Crippen LogP contribution in [0.2, 0.25) is 0 Å². The number of methoxy groups -OCH3 is 2. The number of nitrogens with zero attached hydrogens (tertiary/aromatic N) is 6. The molecule has 4 aliphatic rings. The largest absolute Gasteiger partial charge is 0.495 e. The van der Waals surface area contributed by atoms with Crippen LogP contribution in [0, 0.1) is 34.3 Å². The Labute approximate surface area is 327 Å². The molecule has 0 aromatic heterocycles. The summed E-state index contributed by atoms with van der Waals surface area (Å²) in [4.78, 5) is 32.6. The molecular formula is C40H52F2N6O8. The summed E-state index contributed by atoms with van der Waals surface area (Å²) in [5.74, 6) is -0.776. The fourth-order valence-corrected chi connectivity index (χ4v) is 7.23. The molecule has 4 atom stereocenters. The average Bonchev–Trinajstić information content (AvgIpc) is 3.15. The number of fused-ring (bicyclic) bond motifs is 2.